The first-order valence-corrected chi connectivity index (χ1v) is 5.44. The van der Waals surface area contributed by atoms with Gasteiger partial charge in [0.15, 0.2) is 0 Å². The van der Waals surface area contributed by atoms with Gasteiger partial charge in [0, 0.05) is 5.54 Å². The van der Waals surface area contributed by atoms with Gasteiger partial charge in [-0.25, -0.2) is 0 Å². The van der Waals surface area contributed by atoms with Crippen LogP contribution in [-0.4, -0.2) is 5.54 Å². The molecule has 0 aromatic heterocycles. The maximum atomic E-state index is 6.47. The van der Waals surface area contributed by atoms with E-state index in [4.69, 9.17) is 5.73 Å². The third-order valence-electron chi connectivity index (χ3n) is 3.91. The number of nitrogens with two attached hydrogens (primary N) is 1. The zero-order valence-corrected chi connectivity index (χ0v) is 8.77. The van der Waals surface area contributed by atoms with Gasteiger partial charge < -0.3 is 5.73 Å². The van der Waals surface area contributed by atoms with Crippen LogP contribution in [0, 0.1) is 11.8 Å². The second-order valence-electron chi connectivity index (χ2n) is 4.42. The Morgan fingerprint density at radius 1 is 1.42 bits per heavy atom. The van der Waals surface area contributed by atoms with Crippen molar-refractivity contribution >= 4 is 0 Å². The molecule has 1 heteroatoms. The monoisotopic (exact) mass is 169 g/mol. The van der Waals surface area contributed by atoms with Gasteiger partial charge >= 0.3 is 0 Å². The van der Waals surface area contributed by atoms with Gasteiger partial charge in [-0.3, -0.25) is 0 Å². The molecular formula is C11H23N. The summed E-state index contributed by atoms with van der Waals surface area (Å²) in [5.74, 6) is 1.48. The van der Waals surface area contributed by atoms with Crippen molar-refractivity contribution in [3.63, 3.8) is 0 Å². The summed E-state index contributed by atoms with van der Waals surface area (Å²) in [6.45, 7) is 6.87. The Morgan fingerprint density at radius 2 is 2.00 bits per heavy atom. The molecule has 2 atom stereocenters. The van der Waals surface area contributed by atoms with Gasteiger partial charge in [-0.15, -0.1) is 0 Å². The summed E-state index contributed by atoms with van der Waals surface area (Å²) in [4.78, 5) is 0. The zero-order chi connectivity index (χ0) is 9.19. The maximum absolute atomic E-state index is 6.47. The van der Waals surface area contributed by atoms with E-state index >= 15 is 0 Å². The molecule has 0 aromatic carbocycles. The molecule has 1 rings (SSSR count). The van der Waals surface area contributed by atoms with E-state index in [-0.39, 0.29) is 5.54 Å². The van der Waals surface area contributed by atoms with Crippen LogP contribution >= 0.6 is 0 Å². The molecule has 2 N–H and O–H groups in total. The minimum absolute atomic E-state index is 0.170. The molecule has 72 valence electrons. The highest BCUT2D eigenvalue weighted by Crippen LogP contribution is 2.41. The van der Waals surface area contributed by atoms with E-state index in [0.29, 0.717) is 0 Å². The molecular weight excluding hydrogens is 146 g/mol. The van der Waals surface area contributed by atoms with E-state index in [1.807, 2.05) is 0 Å². The molecule has 1 fully saturated rings. The lowest BCUT2D eigenvalue weighted by atomic mass is 9.75. The summed E-state index contributed by atoms with van der Waals surface area (Å²) in [5, 5.41) is 0. The smallest absolute Gasteiger partial charge is 0.0208 e. The molecule has 1 aliphatic carbocycles. The summed E-state index contributed by atoms with van der Waals surface area (Å²) < 4.78 is 0. The molecule has 0 bridgehead atoms. The van der Waals surface area contributed by atoms with Crippen LogP contribution < -0.4 is 5.73 Å². The van der Waals surface area contributed by atoms with Crippen molar-refractivity contribution < 1.29 is 0 Å². The standard InChI is InChI=1S/C11H23N/c1-4-10(5-2)11(12)8-6-7-9(11)3/h9-10H,4-8,12H2,1-3H3. The van der Waals surface area contributed by atoms with Crippen molar-refractivity contribution in [1.29, 1.82) is 0 Å². The number of rotatable bonds is 3. The van der Waals surface area contributed by atoms with Crippen LogP contribution in [-0.2, 0) is 0 Å². The molecule has 1 nitrogen and oxygen atoms in total. The quantitative estimate of drug-likeness (QED) is 0.690. The Bertz CT molecular complexity index is 140. The van der Waals surface area contributed by atoms with Crippen LogP contribution in [0.25, 0.3) is 0 Å². The van der Waals surface area contributed by atoms with Gasteiger partial charge in [0.1, 0.15) is 0 Å². The van der Waals surface area contributed by atoms with Crippen LogP contribution in [0.2, 0.25) is 0 Å². The first kappa shape index (κ1) is 10.0. The van der Waals surface area contributed by atoms with Crippen molar-refractivity contribution in [1.82, 2.24) is 0 Å². The minimum atomic E-state index is 0.170. The second kappa shape index (κ2) is 3.78. The highest BCUT2D eigenvalue weighted by molar-refractivity contribution is 4.98. The van der Waals surface area contributed by atoms with Gasteiger partial charge in [-0.1, -0.05) is 40.0 Å². The molecule has 12 heavy (non-hydrogen) atoms. The molecule has 0 saturated heterocycles. The van der Waals surface area contributed by atoms with E-state index in [9.17, 15) is 0 Å². The average molecular weight is 169 g/mol. The lowest BCUT2D eigenvalue weighted by Crippen LogP contribution is -2.49. The Kier molecular flexibility index (Phi) is 3.16. The van der Waals surface area contributed by atoms with Crippen molar-refractivity contribution in [3.8, 4) is 0 Å². The number of hydrogen-bond donors (Lipinski definition) is 1. The van der Waals surface area contributed by atoms with Gasteiger partial charge in [0.25, 0.3) is 0 Å². The summed E-state index contributed by atoms with van der Waals surface area (Å²) >= 11 is 0. The minimum Gasteiger partial charge on any atom is -0.325 e. The first-order chi connectivity index (χ1) is 5.65. The van der Waals surface area contributed by atoms with Gasteiger partial charge in [-0.05, 0) is 24.7 Å². The van der Waals surface area contributed by atoms with Crippen LogP contribution in [0.15, 0.2) is 0 Å². The fourth-order valence-electron chi connectivity index (χ4n) is 2.88. The second-order valence-corrected chi connectivity index (χ2v) is 4.42. The molecule has 0 aromatic rings. The molecule has 0 spiro atoms. The van der Waals surface area contributed by atoms with Crippen LogP contribution in [0.1, 0.15) is 52.9 Å². The van der Waals surface area contributed by atoms with Crippen LogP contribution in [0.4, 0.5) is 0 Å². The van der Waals surface area contributed by atoms with E-state index in [1.54, 1.807) is 0 Å². The highest BCUT2D eigenvalue weighted by atomic mass is 14.8. The molecule has 0 radical (unpaired) electrons. The van der Waals surface area contributed by atoms with E-state index < -0.39 is 0 Å². The average Bonchev–Trinajstić information content (AvgIpc) is 2.36. The summed E-state index contributed by atoms with van der Waals surface area (Å²) in [5.41, 5.74) is 6.64. The fourth-order valence-corrected chi connectivity index (χ4v) is 2.88. The summed E-state index contributed by atoms with van der Waals surface area (Å²) in [6.07, 6.45) is 6.43. The van der Waals surface area contributed by atoms with Crippen molar-refractivity contribution in [2.45, 2.75) is 58.4 Å². The van der Waals surface area contributed by atoms with E-state index in [1.165, 1.54) is 32.1 Å². The van der Waals surface area contributed by atoms with Crippen molar-refractivity contribution in [2.75, 3.05) is 0 Å². The lowest BCUT2D eigenvalue weighted by Gasteiger charge is -2.37. The number of hydrogen-bond acceptors (Lipinski definition) is 1. The van der Waals surface area contributed by atoms with E-state index in [2.05, 4.69) is 20.8 Å². The maximum Gasteiger partial charge on any atom is 0.0208 e. The van der Waals surface area contributed by atoms with E-state index in [0.717, 1.165) is 11.8 Å². The fraction of sp³-hybridized carbons (Fsp3) is 1.00. The third-order valence-corrected chi connectivity index (χ3v) is 3.91. The molecule has 1 saturated carbocycles. The summed E-state index contributed by atoms with van der Waals surface area (Å²) in [6, 6.07) is 0. The lowest BCUT2D eigenvalue weighted by molar-refractivity contribution is 0.204. The SMILES string of the molecule is CCC(CC)C1(N)CCCC1C. The normalized spacial score (nSPS) is 36.2. The van der Waals surface area contributed by atoms with Gasteiger partial charge in [-0.2, -0.15) is 0 Å². The Balaban J connectivity index is 2.67. The Morgan fingerprint density at radius 3 is 2.33 bits per heavy atom. The third kappa shape index (κ3) is 1.52. The molecule has 0 heterocycles. The van der Waals surface area contributed by atoms with Gasteiger partial charge in [0.2, 0.25) is 0 Å². The Hall–Kier alpha value is -0.0400. The van der Waals surface area contributed by atoms with Crippen LogP contribution in [0.5, 0.6) is 0 Å². The predicted octanol–water partition coefficient (Wildman–Crippen LogP) is 2.94. The van der Waals surface area contributed by atoms with Crippen LogP contribution in [0.3, 0.4) is 0 Å². The molecule has 0 aliphatic heterocycles. The summed E-state index contributed by atoms with van der Waals surface area (Å²) in [7, 11) is 0. The van der Waals surface area contributed by atoms with Crippen molar-refractivity contribution in [3.05, 3.63) is 0 Å². The topological polar surface area (TPSA) is 26.0 Å². The highest BCUT2D eigenvalue weighted by Gasteiger charge is 2.41. The van der Waals surface area contributed by atoms with Crippen molar-refractivity contribution in [2.24, 2.45) is 17.6 Å². The first-order valence-electron chi connectivity index (χ1n) is 5.44. The predicted molar refractivity (Wildman–Crippen MR) is 54.0 cm³/mol. The molecule has 2 unspecified atom stereocenters. The van der Waals surface area contributed by atoms with Gasteiger partial charge in [0.05, 0.1) is 0 Å². The largest absolute Gasteiger partial charge is 0.325 e. The molecule has 1 aliphatic rings. The molecule has 0 amide bonds. The zero-order valence-electron chi connectivity index (χ0n) is 8.77. The Labute approximate surface area is 76.7 Å².